The van der Waals surface area contributed by atoms with Gasteiger partial charge in [-0.3, -0.25) is 0 Å². The third kappa shape index (κ3) is 9.82. The summed E-state index contributed by atoms with van der Waals surface area (Å²) in [4.78, 5) is 13.5. The molecule has 0 aromatic heterocycles. The van der Waals surface area contributed by atoms with Crippen molar-refractivity contribution in [3.8, 4) is 0 Å². The van der Waals surface area contributed by atoms with Gasteiger partial charge in [0.05, 0.1) is 17.1 Å². The topological polar surface area (TPSA) is 90.8 Å². The van der Waals surface area contributed by atoms with Crippen LogP contribution < -0.4 is 5.73 Å². The predicted molar refractivity (Wildman–Crippen MR) is 259 cm³/mol. The van der Waals surface area contributed by atoms with Gasteiger partial charge in [0, 0.05) is 44.6 Å². The Morgan fingerprint density at radius 1 is 0.452 bits per heavy atom. The first-order valence-electron chi connectivity index (χ1n) is 20.5. The molecule has 0 spiro atoms. The van der Waals surface area contributed by atoms with E-state index in [2.05, 4.69) is 66.9 Å². The molecular formula is C51H50Cl4N4O3. The number of nitrogens with two attached hydrogens (primary N) is 1. The molecule has 6 aromatic carbocycles. The fourth-order valence-electron chi connectivity index (χ4n) is 7.82. The molecule has 0 aliphatic carbocycles. The summed E-state index contributed by atoms with van der Waals surface area (Å²) in [5.74, 6) is 1.58. The number of halogens is 4. The zero-order chi connectivity index (χ0) is 43.2. The molecule has 2 N–H and O–H groups in total. The van der Waals surface area contributed by atoms with Crippen molar-refractivity contribution in [2.24, 2.45) is 20.7 Å². The molecule has 0 radical (unpaired) electrons. The van der Waals surface area contributed by atoms with Gasteiger partial charge in [-0.25, -0.2) is 9.98 Å². The lowest BCUT2D eigenvalue weighted by atomic mass is 9.86. The average Bonchev–Trinajstić information content (AvgIpc) is 3.26. The fraction of sp³-hybridized carbons (Fsp3) is 0.235. The van der Waals surface area contributed by atoms with E-state index in [4.69, 9.17) is 54.7 Å². The van der Waals surface area contributed by atoms with E-state index >= 15 is 0 Å². The minimum atomic E-state index is -0.673. The van der Waals surface area contributed by atoms with E-state index in [0.29, 0.717) is 15.1 Å². The van der Waals surface area contributed by atoms with E-state index in [1.807, 2.05) is 122 Å². The molecule has 0 saturated heterocycles. The van der Waals surface area contributed by atoms with Crippen molar-refractivity contribution in [3.05, 3.63) is 194 Å². The molecular weight excluding hydrogens is 858 g/mol. The van der Waals surface area contributed by atoms with Gasteiger partial charge in [-0.15, -0.1) is 12.4 Å². The van der Waals surface area contributed by atoms with E-state index in [0.717, 1.165) is 87.9 Å². The molecule has 0 fully saturated rings. The zero-order valence-electron chi connectivity index (χ0n) is 35.4. The van der Waals surface area contributed by atoms with Crippen LogP contribution in [-0.4, -0.2) is 17.8 Å². The quantitative estimate of drug-likeness (QED) is 0.173. The Balaban J connectivity index is 0.000000154. The lowest BCUT2D eigenvalue weighted by molar-refractivity contribution is 0.108. The maximum Gasteiger partial charge on any atom is 0.288 e. The highest BCUT2D eigenvalue weighted by atomic mass is 35.5. The standard InChI is InChI=1S/2C18H18ClNO.C15H13ClN2O.ClH/c2*1-3-7-17-20-16-11-10-14(19)12-15(16)18(2,21-17)13-8-5-4-6-9-13;1-15(10-5-3-2-4-6-10)12-9-11(16)7-8-13(12)18-14(17)19-15;/h2*4-6,8-12H,3,7H2,1-2H3;2-9H,1H3,(H2,17,18);1H. The Labute approximate surface area is 386 Å². The minimum Gasteiger partial charge on any atom is -0.465 e. The summed E-state index contributed by atoms with van der Waals surface area (Å²) < 4.78 is 18.4. The first-order chi connectivity index (χ1) is 29.4. The van der Waals surface area contributed by atoms with Crippen LogP contribution in [0.15, 0.2) is 161 Å². The van der Waals surface area contributed by atoms with E-state index < -0.39 is 16.8 Å². The van der Waals surface area contributed by atoms with Crippen molar-refractivity contribution in [2.75, 3.05) is 0 Å². The summed E-state index contributed by atoms with van der Waals surface area (Å²) in [6, 6.07) is 47.7. The maximum atomic E-state index is 6.27. The molecule has 3 unspecified atom stereocenters. The number of amidine groups is 1. The highest BCUT2D eigenvalue weighted by molar-refractivity contribution is 6.31. The van der Waals surface area contributed by atoms with Gasteiger partial charge in [0.2, 0.25) is 0 Å². The average molecular weight is 909 g/mol. The van der Waals surface area contributed by atoms with Crippen LogP contribution in [0.1, 0.15) is 93.7 Å². The van der Waals surface area contributed by atoms with E-state index in [9.17, 15) is 0 Å². The second-order valence-corrected chi connectivity index (χ2v) is 16.8. The van der Waals surface area contributed by atoms with Gasteiger partial charge in [-0.05, 0) is 105 Å². The molecule has 3 aliphatic heterocycles. The Morgan fingerprint density at radius 3 is 1.08 bits per heavy atom. The number of hydrogen-bond donors (Lipinski definition) is 1. The van der Waals surface area contributed by atoms with E-state index in [-0.39, 0.29) is 18.4 Å². The first kappa shape index (κ1) is 46.2. The zero-order valence-corrected chi connectivity index (χ0v) is 38.5. The summed E-state index contributed by atoms with van der Waals surface area (Å²) in [5.41, 5.74) is 12.9. The van der Waals surface area contributed by atoms with Gasteiger partial charge in [0.25, 0.3) is 6.02 Å². The van der Waals surface area contributed by atoms with Crippen LogP contribution in [0, 0.1) is 0 Å². The lowest BCUT2D eigenvalue weighted by Gasteiger charge is -2.36. The van der Waals surface area contributed by atoms with Crippen molar-refractivity contribution in [2.45, 2.75) is 77.1 Å². The van der Waals surface area contributed by atoms with Crippen molar-refractivity contribution >= 4 is 82.1 Å². The summed E-state index contributed by atoms with van der Waals surface area (Å²) in [5, 5.41) is 2.06. The van der Waals surface area contributed by atoms with Crippen LogP contribution in [0.2, 0.25) is 15.1 Å². The number of fused-ring (bicyclic) bond motifs is 3. The van der Waals surface area contributed by atoms with Crippen LogP contribution >= 0.6 is 47.2 Å². The van der Waals surface area contributed by atoms with Gasteiger partial charge in [-0.2, -0.15) is 4.99 Å². The highest BCUT2D eigenvalue weighted by Gasteiger charge is 2.40. The van der Waals surface area contributed by atoms with E-state index in [1.165, 1.54) is 0 Å². The van der Waals surface area contributed by atoms with Crippen LogP contribution in [-0.2, 0) is 31.0 Å². The van der Waals surface area contributed by atoms with Crippen LogP contribution in [0.4, 0.5) is 17.1 Å². The minimum absolute atomic E-state index is 0. The van der Waals surface area contributed by atoms with Crippen LogP contribution in [0.25, 0.3) is 0 Å². The smallest absolute Gasteiger partial charge is 0.288 e. The van der Waals surface area contributed by atoms with Crippen molar-refractivity contribution < 1.29 is 14.2 Å². The molecule has 3 atom stereocenters. The lowest BCUT2D eigenvalue weighted by Crippen LogP contribution is -2.36. The molecule has 0 amide bonds. The van der Waals surface area contributed by atoms with E-state index in [1.54, 1.807) is 6.07 Å². The molecule has 7 nitrogen and oxygen atoms in total. The number of aliphatic imine (C=N–C) groups is 3. The van der Waals surface area contributed by atoms with Crippen molar-refractivity contribution in [1.29, 1.82) is 0 Å². The second-order valence-electron chi connectivity index (χ2n) is 15.4. The molecule has 320 valence electrons. The van der Waals surface area contributed by atoms with Gasteiger partial charge >= 0.3 is 0 Å². The molecule has 9 rings (SSSR count). The summed E-state index contributed by atoms with van der Waals surface area (Å²) in [6.07, 6.45) is 3.69. The van der Waals surface area contributed by atoms with Crippen LogP contribution in [0.5, 0.6) is 0 Å². The molecule has 6 aromatic rings. The van der Waals surface area contributed by atoms with Gasteiger partial charge in [0.15, 0.2) is 28.6 Å². The normalized spacial score (nSPS) is 20.4. The molecule has 62 heavy (non-hydrogen) atoms. The summed E-state index contributed by atoms with van der Waals surface area (Å²) in [7, 11) is 0. The summed E-state index contributed by atoms with van der Waals surface area (Å²) >= 11 is 18.5. The molecule has 0 bridgehead atoms. The van der Waals surface area contributed by atoms with Gasteiger partial charge in [0.1, 0.15) is 0 Å². The molecule has 11 heteroatoms. The Morgan fingerprint density at radius 2 is 0.758 bits per heavy atom. The SMILES string of the molecule is CC1(c2ccccc2)OC(N)=Nc2ccc(Cl)cc21.CCCC1=Nc2ccc(Cl)cc2C(C)(c2ccccc2)O1.CCCC1=Nc2ccc(Cl)cc2C(C)(c2ccccc2)O1.Cl. The number of rotatable bonds is 7. The summed E-state index contributed by atoms with van der Waals surface area (Å²) in [6.45, 7) is 10.4. The van der Waals surface area contributed by atoms with Crippen LogP contribution in [0.3, 0.4) is 0 Å². The Hall–Kier alpha value is -5.31. The monoisotopic (exact) mass is 906 g/mol. The predicted octanol–water partition coefficient (Wildman–Crippen LogP) is 14.9. The van der Waals surface area contributed by atoms with Gasteiger partial charge < -0.3 is 19.9 Å². The Bertz CT molecular complexity index is 2470. The highest BCUT2D eigenvalue weighted by Crippen LogP contribution is 2.46. The fourth-order valence-corrected chi connectivity index (χ4v) is 8.33. The van der Waals surface area contributed by atoms with Gasteiger partial charge in [-0.1, -0.05) is 140 Å². The first-order valence-corrected chi connectivity index (χ1v) is 21.6. The third-order valence-corrected chi connectivity index (χ3v) is 11.7. The number of ether oxygens (including phenoxy) is 3. The Kier molecular flexibility index (Phi) is 14.8. The molecule has 3 heterocycles. The number of hydrogen-bond acceptors (Lipinski definition) is 7. The van der Waals surface area contributed by atoms with Crippen molar-refractivity contribution in [3.63, 3.8) is 0 Å². The molecule has 3 aliphatic rings. The number of nitrogens with zero attached hydrogens (tertiary/aromatic N) is 3. The molecule has 0 saturated carbocycles. The van der Waals surface area contributed by atoms with Crippen molar-refractivity contribution in [1.82, 2.24) is 0 Å². The third-order valence-electron chi connectivity index (χ3n) is 11.0. The largest absolute Gasteiger partial charge is 0.465 e. The second kappa shape index (κ2) is 19.8. The number of benzene rings is 6. The maximum absolute atomic E-state index is 6.27.